The largest absolute Gasteiger partial charge is 0.355 e. The summed E-state index contributed by atoms with van der Waals surface area (Å²) in [7, 11) is 0. The average Bonchev–Trinajstić information content (AvgIpc) is 2.46. The highest BCUT2D eigenvalue weighted by molar-refractivity contribution is 9.09. The molecule has 1 aromatic rings. The fourth-order valence-corrected chi connectivity index (χ4v) is 4.46. The van der Waals surface area contributed by atoms with Crippen LogP contribution in [0.5, 0.6) is 0 Å². The fraction of sp³-hybridized carbons (Fsp3) is 0.588. The van der Waals surface area contributed by atoms with Crippen LogP contribution in [0.25, 0.3) is 0 Å². The summed E-state index contributed by atoms with van der Waals surface area (Å²) in [6.07, 6.45) is 6.14. The van der Waals surface area contributed by atoms with Crippen LogP contribution >= 0.6 is 15.9 Å². The molecule has 3 heteroatoms. The van der Waals surface area contributed by atoms with Crippen LogP contribution in [0.15, 0.2) is 24.3 Å². The van der Waals surface area contributed by atoms with Gasteiger partial charge in [-0.1, -0.05) is 53.0 Å². The Morgan fingerprint density at radius 2 is 1.95 bits per heavy atom. The van der Waals surface area contributed by atoms with E-state index in [0.717, 1.165) is 24.2 Å². The Balaban J connectivity index is 1.53. The maximum absolute atomic E-state index is 12.3. The smallest absolute Gasteiger partial charge is 0.227 e. The quantitative estimate of drug-likeness (QED) is 0.836. The Kier molecular flexibility index (Phi) is 4.45. The number of carbonyl (C=O) groups excluding carboxylic acids is 1. The van der Waals surface area contributed by atoms with Crippen molar-refractivity contribution < 1.29 is 4.79 Å². The van der Waals surface area contributed by atoms with Gasteiger partial charge in [-0.2, -0.15) is 0 Å². The van der Waals surface area contributed by atoms with E-state index < -0.39 is 0 Å². The number of nitrogens with one attached hydrogen (secondary N) is 1. The van der Waals surface area contributed by atoms with Gasteiger partial charge in [0.15, 0.2) is 0 Å². The van der Waals surface area contributed by atoms with Gasteiger partial charge in [-0.05, 0) is 42.2 Å². The summed E-state index contributed by atoms with van der Waals surface area (Å²) in [6.45, 7) is 0.855. The minimum absolute atomic E-state index is 0.0946. The van der Waals surface area contributed by atoms with Crippen LogP contribution in [0.1, 0.15) is 42.7 Å². The zero-order valence-corrected chi connectivity index (χ0v) is 13.4. The van der Waals surface area contributed by atoms with Gasteiger partial charge in [-0.3, -0.25) is 4.79 Å². The molecule has 0 bridgehead atoms. The Morgan fingerprint density at radius 3 is 2.70 bits per heavy atom. The first-order chi connectivity index (χ1) is 9.79. The van der Waals surface area contributed by atoms with Crippen molar-refractivity contribution in [1.29, 1.82) is 0 Å². The van der Waals surface area contributed by atoms with Crippen molar-refractivity contribution >= 4 is 21.8 Å². The van der Waals surface area contributed by atoms with E-state index in [-0.39, 0.29) is 11.8 Å². The van der Waals surface area contributed by atoms with Crippen molar-refractivity contribution in [3.05, 3.63) is 35.4 Å². The van der Waals surface area contributed by atoms with Crippen molar-refractivity contribution in [2.45, 2.75) is 38.0 Å². The Morgan fingerprint density at radius 1 is 1.20 bits per heavy atom. The highest BCUT2D eigenvalue weighted by Crippen LogP contribution is 2.35. The average molecular weight is 336 g/mol. The molecular weight excluding hydrogens is 314 g/mol. The van der Waals surface area contributed by atoms with Gasteiger partial charge in [0.1, 0.15) is 0 Å². The summed E-state index contributed by atoms with van der Waals surface area (Å²) in [6, 6.07) is 8.29. The Bertz CT molecular complexity index is 488. The molecule has 3 unspecified atom stereocenters. The van der Waals surface area contributed by atoms with Crippen molar-refractivity contribution in [2.24, 2.45) is 11.8 Å². The summed E-state index contributed by atoms with van der Waals surface area (Å²) in [5.74, 6) is 1.71. The van der Waals surface area contributed by atoms with Crippen LogP contribution in [0.3, 0.4) is 0 Å². The SMILES string of the molecule is O=C(NCC1CCCCC1CBr)C1Cc2ccccc21. The first-order valence-electron chi connectivity index (χ1n) is 7.71. The molecule has 0 saturated heterocycles. The van der Waals surface area contributed by atoms with Gasteiger partial charge in [0.25, 0.3) is 0 Å². The summed E-state index contributed by atoms with van der Waals surface area (Å²) < 4.78 is 0. The van der Waals surface area contributed by atoms with E-state index in [1.165, 1.54) is 36.8 Å². The number of alkyl halides is 1. The second-order valence-electron chi connectivity index (χ2n) is 6.16. The number of hydrogen-bond donors (Lipinski definition) is 1. The lowest BCUT2D eigenvalue weighted by molar-refractivity contribution is -0.123. The topological polar surface area (TPSA) is 29.1 Å². The zero-order chi connectivity index (χ0) is 13.9. The van der Waals surface area contributed by atoms with Gasteiger partial charge in [0.05, 0.1) is 5.92 Å². The maximum Gasteiger partial charge on any atom is 0.227 e. The summed E-state index contributed by atoms with van der Waals surface area (Å²) in [4.78, 5) is 12.3. The van der Waals surface area contributed by atoms with E-state index in [9.17, 15) is 4.79 Å². The Labute approximate surface area is 129 Å². The second kappa shape index (κ2) is 6.30. The maximum atomic E-state index is 12.3. The van der Waals surface area contributed by atoms with Gasteiger partial charge < -0.3 is 5.32 Å². The molecule has 1 amide bonds. The molecule has 3 atom stereocenters. The lowest BCUT2D eigenvalue weighted by Crippen LogP contribution is -2.40. The lowest BCUT2D eigenvalue weighted by atomic mass is 9.76. The van der Waals surface area contributed by atoms with Crippen molar-refractivity contribution in [1.82, 2.24) is 5.32 Å². The van der Waals surface area contributed by atoms with Gasteiger partial charge in [0.2, 0.25) is 5.91 Å². The van der Waals surface area contributed by atoms with E-state index in [4.69, 9.17) is 0 Å². The zero-order valence-electron chi connectivity index (χ0n) is 11.8. The van der Waals surface area contributed by atoms with E-state index in [1.807, 2.05) is 6.07 Å². The molecule has 2 nitrogen and oxygen atoms in total. The predicted molar refractivity (Wildman–Crippen MR) is 85.1 cm³/mol. The molecule has 0 aromatic heterocycles. The fourth-order valence-electron chi connectivity index (χ4n) is 3.60. The van der Waals surface area contributed by atoms with Crippen LogP contribution < -0.4 is 5.32 Å². The molecule has 1 N–H and O–H groups in total. The molecule has 2 aliphatic rings. The highest BCUT2D eigenvalue weighted by Gasteiger charge is 2.32. The first-order valence-corrected chi connectivity index (χ1v) is 8.83. The molecule has 0 heterocycles. The number of fused-ring (bicyclic) bond motifs is 1. The van der Waals surface area contributed by atoms with Gasteiger partial charge in [-0.15, -0.1) is 0 Å². The van der Waals surface area contributed by atoms with Crippen LogP contribution in [-0.4, -0.2) is 17.8 Å². The molecule has 0 spiro atoms. The van der Waals surface area contributed by atoms with Crippen molar-refractivity contribution in [2.75, 3.05) is 11.9 Å². The van der Waals surface area contributed by atoms with Crippen LogP contribution in [0.4, 0.5) is 0 Å². The first kappa shape index (κ1) is 14.1. The third-order valence-electron chi connectivity index (χ3n) is 4.97. The second-order valence-corrected chi connectivity index (χ2v) is 6.81. The van der Waals surface area contributed by atoms with Crippen LogP contribution in [-0.2, 0) is 11.2 Å². The normalized spacial score (nSPS) is 28.4. The van der Waals surface area contributed by atoms with Gasteiger partial charge in [0, 0.05) is 11.9 Å². The molecule has 0 aliphatic heterocycles. The molecular formula is C17H22BrNO. The number of benzene rings is 1. The minimum atomic E-state index is 0.0946. The third-order valence-corrected chi connectivity index (χ3v) is 5.81. The molecule has 108 valence electrons. The van der Waals surface area contributed by atoms with E-state index in [1.54, 1.807) is 0 Å². The standard InChI is InChI=1S/C17H22BrNO/c18-10-13-6-1-2-7-14(13)11-19-17(20)16-9-12-5-3-4-8-15(12)16/h3-5,8,13-14,16H,1-2,6-7,9-11H2,(H,19,20). The van der Waals surface area contributed by atoms with Gasteiger partial charge >= 0.3 is 0 Å². The number of amides is 1. The number of halogens is 1. The van der Waals surface area contributed by atoms with E-state index in [0.29, 0.717) is 5.92 Å². The highest BCUT2D eigenvalue weighted by atomic mass is 79.9. The summed E-state index contributed by atoms with van der Waals surface area (Å²) in [5, 5.41) is 4.27. The molecule has 0 radical (unpaired) electrons. The van der Waals surface area contributed by atoms with E-state index in [2.05, 4.69) is 39.4 Å². The van der Waals surface area contributed by atoms with Crippen LogP contribution in [0, 0.1) is 11.8 Å². The molecule has 2 aliphatic carbocycles. The molecule has 3 rings (SSSR count). The lowest BCUT2D eigenvalue weighted by Gasteiger charge is -2.33. The number of carbonyl (C=O) groups is 1. The number of hydrogen-bond acceptors (Lipinski definition) is 1. The summed E-state index contributed by atoms with van der Waals surface area (Å²) >= 11 is 3.62. The molecule has 1 aromatic carbocycles. The number of rotatable bonds is 4. The van der Waals surface area contributed by atoms with E-state index >= 15 is 0 Å². The van der Waals surface area contributed by atoms with Crippen molar-refractivity contribution in [3.63, 3.8) is 0 Å². The molecule has 1 fully saturated rings. The molecule has 1 saturated carbocycles. The summed E-state index contributed by atoms with van der Waals surface area (Å²) in [5.41, 5.74) is 2.56. The van der Waals surface area contributed by atoms with Gasteiger partial charge in [-0.25, -0.2) is 0 Å². The van der Waals surface area contributed by atoms with Crippen LogP contribution in [0.2, 0.25) is 0 Å². The molecule has 20 heavy (non-hydrogen) atoms. The van der Waals surface area contributed by atoms with Crippen molar-refractivity contribution in [3.8, 4) is 0 Å². The predicted octanol–water partition coefficient (Wildman–Crippen LogP) is 3.64. The minimum Gasteiger partial charge on any atom is -0.355 e. The third kappa shape index (κ3) is 2.78. The monoisotopic (exact) mass is 335 g/mol. The Hall–Kier alpha value is -0.830.